The van der Waals surface area contributed by atoms with Crippen molar-refractivity contribution < 1.29 is 24.9 Å². The van der Waals surface area contributed by atoms with Gasteiger partial charge in [0.2, 0.25) is 0 Å². The minimum atomic E-state index is -0.941. The van der Waals surface area contributed by atoms with Gasteiger partial charge in [0, 0.05) is 0 Å². The molecule has 1 unspecified atom stereocenters. The van der Waals surface area contributed by atoms with E-state index in [-0.39, 0.29) is 26.2 Å². The number of aliphatic hydroxyl groups excluding tert-OH is 2. The number of carboxylic acids is 1. The number of carboxylic acid groups (broad SMARTS) is 1. The molecule has 0 spiro atoms. The first-order chi connectivity index (χ1) is 5.16. The van der Waals surface area contributed by atoms with Crippen molar-refractivity contribution in [2.45, 2.75) is 12.5 Å². The lowest BCUT2D eigenvalue weighted by atomic mass is 10.4. The van der Waals surface area contributed by atoms with Gasteiger partial charge in [0.25, 0.3) is 0 Å². The molecular weight excluding hydrogens is 152 g/mol. The minimum absolute atomic E-state index is 0.0240. The molecule has 0 aliphatic rings. The van der Waals surface area contributed by atoms with Gasteiger partial charge in [-0.1, -0.05) is 0 Å². The number of hydrogen-bond donors (Lipinski definition) is 3. The third kappa shape index (κ3) is 7.24. The maximum atomic E-state index is 9.92. The average Bonchev–Trinajstić information content (AvgIpc) is 1.97. The molecule has 0 saturated carbocycles. The molecule has 0 heterocycles. The highest BCUT2D eigenvalue weighted by Crippen LogP contribution is 1.86. The SMILES string of the molecule is O=C(O)CCOCC(O)CO. The summed E-state index contributed by atoms with van der Waals surface area (Å²) < 4.78 is 4.71. The average molecular weight is 164 g/mol. The van der Waals surface area contributed by atoms with Crippen LogP contribution in [-0.2, 0) is 9.53 Å². The van der Waals surface area contributed by atoms with Gasteiger partial charge in [-0.3, -0.25) is 4.79 Å². The molecule has 0 amide bonds. The number of rotatable bonds is 6. The van der Waals surface area contributed by atoms with Gasteiger partial charge in [-0.15, -0.1) is 0 Å². The van der Waals surface area contributed by atoms with Crippen LogP contribution in [0, 0.1) is 0 Å². The van der Waals surface area contributed by atoms with E-state index in [9.17, 15) is 4.79 Å². The standard InChI is InChI=1S/C6H12O5/c7-3-5(8)4-11-2-1-6(9)10/h5,7-8H,1-4H2,(H,9,10). The van der Waals surface area contributed by atoms with Crippen LogP contribution in [0.4, 0.5) is 0 Å². The van der Waals surface area contributed by atoms with Crippen LogP contribution in [0.15, 0.2) is 0 Å². The van der Waals surface area contributed by atoms with E-state index in [0.29, 0.717) is 0 Å². The number of ether oxygens (including phenoxy) is 1. The molecule has 0 rings (SSSR count). The summed E-state index contributed by atoms with van der Waals surface area (Å²) in [5.74, 6) is -0.941. The summed E-state index contributed by atoms with van der Waals surface area (Å²) in [7, 11) is 0. The highest BCUT2D eigenvalue weighted by molar-refractivity contribution is 5.66. The fourth-order valence-electron chi connectivity index (χ4n) is 0.432. The third-order valence-electron chi connectivity index (χ3n) is 0.981. The van der Waals surface area contributed by atoms with E-state index >= 15 is 0 Å². The molecule has 0 aromatic heterocycles. The lowest BCUT2D eigenvalue weighted by Gasteiger charge is -2.06. The van der Waals surface area contributed by atoms with Crippen LogP contribution in [0.1, 0.15) is 6.42 Å². The van der Waals surface area contributed by atoms with Crippen molar-refractivity contribution >= 4 is 5.97 Å². The first-order valence-corrected chi connectivity index (χ1v) is 3.25. The van der Waals surface area contributed by atoms with E-state index in [0.717, 1.165) is 0 Å². The summed E-state index contributed by atoms with van der Waals surface area (Å²) in [5.41, 5.74) is 0. The van der Waals surface area contributed by atoms with Crippen molar-refractivity contribution in [2.24, 2.45) is 0 Å². The van der Waals surface area contributed by atoms with Crippen LogP contribution >= 0.6 is 0 Å². The summed E-state index contributed by atoms with van der Waals surface area (Å²) in [5, 5.41) is 25.1. The lowest BCUT2D eigenvalue weighted by Crippen LogP contribution is -2.20. The zero-order valence-electron chi connectivity index (χ0n) is 6.06. The Morgan fingerprint density at radius 3 is 2.64 bits per heavy atom. The summed E-state index contributed by atoms with van der Waals surface area (Å²) >= 11 is 0. The second-order valence-corrected chi connectivity index (χ2v) is 2.06. The Bertz CT molecular complexity index is 114. The Morgan fingerprint density at radius 2 is 2.18 bits per heavy atom. The summed E-state index contributed by atoms with van der Waals surface area (Å²) in [6.45, 7) is -0.330. The second kappa shape index (κ2) is 6.09. The van der Waals surface area contributed by atoms with Gasteiger partial charge in [-0.05, 0) is 0 Å². The zero-order chi connectivity index (χ0) is 8.69. The number of aliphatic hydroxyl groups is 2. The van der Waals surface area contributed by atoms with E-state index in [1.54, 1.807) is 0 Å². The molecule has 11 heavy (non-hydrogen) atoms. The number of aliphatic carboxylic acids is 1. The Labute approximate surface area is 64.2 Å². The van der Waals surface area contributed by atoms with Gasteiger partial charge < -0.3 is 20.1 Å². The van der Waals surface area contributed by atoms with Gasteiger partial charge in [0.15, 0.2) is 0 Å². The molecule has 0 aromatic rings. The largest absolute Gasteiger partial charge is 0.481 e. The zero-order valence-corrected chi connectivity index (χ0v) is 6.06. The fourth-order valence-corrected chi connectivity index (χ4v) is 0.432. The summed E-state index contributed by atoms with van der Waals surface area (Å²) in [6.07, 6.45) is -0.998. The predicted molar refractivity (Wildman–Crippen MR) is 36.2 cm³/mol. The molecule has 3 N–H and O–H groups in total. The molecule has 5 heteroatoms. The van der Waals surface area contributed by atoms with Crippen molar-refractivity contribution in [3.63, 3.8) is 0 Å². The lowest BCUT2D eigenvalue weighted by molar-refractivity contribution is -0.138. The van der Waals surface area contributed by atoms with Gasteiger partial charge >= 0.3 is 5.97 Å². The molecular formula is C6H12O5. The Balaban J connectivity index is 3.08. The highest BCUT2D eigenvalue weighted by atomic mass is 16.5. The molecule has 0 radical (unpaired) electrons. The first-order valence-electron chi connectivity index (χ1n) is 3.25. The second-order valence-electron chi connectivity index (χ2n) is 2.06. The van der Waals surface area contributed by atoms with Crippen molar-refractivity contribution in [1.82, 2.24) is 0 Å². The van der Waals surface area contributed by atoms with Gasteiger partial charge in [-0.2, -0.15) is 0 Å². The smallest absolute Gasteiger partial charge is 0.305 e. The molecule has 0 aromatic carbocycles. The van der Waals surface area contributed by atoms with Crippen LogP contribution in [0.3, 0.4) is 0 Å². The maximum Gasteiger partial charge on any atom is 0.305 e. The monoisotopic (exact) mass is 164 g/mol. The Kier molecular flexibility index (Phi) is 5.73. The topological polar surface area (TPSA) is 87.0 Å². The van der Waals surface area contributed by atoms with Crippen molar-refractivity contribution in [3.05, 3.63) is 0 Å². The van der Waals surface area contributed by atoms with Crippen molar-refractivity contribution in [3.8, 4) is 0 Å². The van der Waals surface area contributed by atoms with Crippen LogP contribution in [0.5, 0.6) is 0 Å². The van der Waals surface area contributed by atoms with Gasteiger partial charge in [-0.25, -0.2) is 0 Å². The molecule has 66 valence electrons. The Morgan fingerprint density at radius 1 is 1.55 bits per heavy atom. The van der Waals surface area contributed by atoms with Gasteiger partial charge in [0.1, 0.15) is 6.10 Å². The minimum Gasteiger partial charge on any atom is -0.481 e. The van der Waals surface area contributed by atoms with E-state index in [2.05, 4.69) is 0 Å². The van der Waals surface area contributed by atoms with Crippen molar-refractivity contribution in [2.75, 3.05) is 19.8 Å². The van der Waals surface area contributed by atoms with E-state index in [1.807, 2.05) is 0 Å². The normalized spacial score (nSPS) is 12.9. The molecule has 0 aliphatic carbocycles. The van der Waals surface area contributed by atoms with Crippen LogP contribution in [-0.4, -0.2) is 47.2 Å². The van der Waals surface area contributed by atoms with E-state index < -0.39 is 12.1 Å². The number of carbonyl (C=O) groups is 1. The predicted octanol–water partition coefficient (Wildman–Crippen LogP) is -1.17. The summed E-state index contributed by atoms with van der Waals surface area (Å²) in [6, 6.07) is 0. The van der Waals surface area contributed by atoms with Crippen molar-refractivity contribution in [1.29, 1.82) is 0 Å². The molecule has 0 fully saturated rings. The molecule has 0 aliphatic heterocycles. The van der Waals surface area contributed by atoms with Crippen LogP contribution < -0.4 is 0 Å². The van der Waals surface area contributed by atoms with E-state index in [1.165, 1.54) is 0 Å². The molecule has 0 saturated heterocycles. The first kappa shape index (κ1) is 10.3. The third-order valence-corrected chi connectivity index (χ3v) is 0.981. The summed E-state index contributed by atoms with van der Waals surface area (Å²) in [4.78, 5) is 9.92. The quantitative estimate of drug-likeness (QED) is 0.431. The molecule has 1 atom stereocenters. The highest BCUT2D eigenvalue weighted by Gasteiger charge is 2.02. The molecule has 0 bridgehead atoms. The fraction of sp³-hybridized carbons (Fsp3) is 0.833. The van der Waals surface area contributed by atoms with E-state index in [4.69, 9.17) is 20.1 Å². The maximum absolute atomic E-state index is 9.92. The molecule has 5 nitrogen and oxygen atoms in total. The van der Waals surface area contributed by atoms with Crippen LogP contribution in [0.25, 0.3) is 0 Å². The van der Waals surface area contributed by atoms with Crippen LogP contribution in [0.2, 0.25) is 0 Å². The van der Waals surface area contributed by atoms with Gasteiger partial charge in [0.05, 0.1) is 26.2 Å². The Hall–Kier alpha value is -0.650. The number of hydrogen-bond acceptors (Lipinski definition) is 4.